The van der Waals surface area contributed by atoms with Crippen LogP contribution in [0.3, 0.4) is 0 Å². The minimum Gasteiger partial charge on any atom is -0.307 e. The van der Waals surface area contributed by atoms with Gasteiger partial charge in [-0.05, 0) is 18.6 Å². The molecule has 0 atom stereocenters. The quantitative estimate of drug-likeness (QED) is 0.668. The third-order valence-electron chi connectivity index (χ3n) is 2.62. The summed E-state index contributed by atoms with van der Waals surface area (Å²) in [5.74, 6) is -0.619. The number of benzene rings is 1. The first-order valence-corrected chi connectivity index (χ1v) is 5.96. The Bertz CT molecular complexity index is 616. The lowest BCUT2D eigenvalue weighted by atomic mass is 10.2. The minimum absolute atomic E-state index is 0.253. The van der Waals surface area contributed by atoms with E-state index in [-0.39, 0.29) is 5.69 Å². The Kier molecular flexibility index (Phi) is 4.31. The highest BCUT2D eigenvalue weighted by Gasteiger charge is 2.09. The van der Waals surface area contributed by atoms with Crippen molar-refractivity contribution >= 4 is 5.69 Å². The molecule has 2 aromatic rings. The Morgan fingerprint density at radius 3 is 2.70 bits per heavy atom. The van der Waals surface area contributed by atoms with Crippen LogP contribution in [0.2, 0.25) is 0 Å². The molecule has 1 aromatic carbocycles. The zero-order valence-corrected chi connectivity index (χ0v) is 10.8. The lowest BCUT2D eigenvalue weighted by Crippen LogP contribution is -2.14. The van der Waals surface area contributed by atoms with E-state index >= 15 is 0 Å². The maximum absolute atomic E-state index is 13.2. The van der Waals surface area contributed by atoms with Gasteiger partial charge in [0.25, 0.3) is 5.69 Å². The Morgan fingerprint density at radius 2 is 2.05 bits per heavy atom. The average molecular weight is 276 g/mol. The first-order chi connectivity index (χ1) is 9.54. The lowest BCUT2D eigenvalue weighted by Gasteiger charge is -2.05. The second-order valence-corrected chi connectivity index (χ2v) is 4.33. The smallest absolute Gasteiger partial charge is 0.272 e. The van der Waals surface area contributed by atoms with Crippen molar-refractivity contribution in [1.82, 2.24) is 15.3 Å². The first kappa shape index (κ1) is 14.0. The number of aromatic nitrogens is 2. The van der Waals surface area contributed by atoms with E-state index in [9.17, 15) is 14.5 Å². The van der Waals surface area contributed by atoms with Gasteiger partial charge in [0.05, 0.1) is 22.4 Å². The van der Waals surface area contributed by atoms with E-state index in [2.05, 4.69) is 15.3 Å². The molecule has 104 valence electrons. The molecular weight excluding hydrogens is 263 g/mol. The van der Waals surface area contributed by atoms with E-state index in [0.717, 1.165) is 17.5 Å². The number of nitrogens with one attached hydrogen (secondary N) is 1. The number of non-ortho nitro benzene ring substituents is 1. The number of nitro groups is 1. The van der Waals surface area contributed by atoms with Crippen LogP contribution in [0.4, 0.5) is 10.1 Å². The summed E-state index contributed by atoms with van der Waals surface area (Å²) >= 11 is 0. The number of nitrogens with zero attached hydrogens (tertiary/aromatic N) is 3. The Morgan fingerprint density at radius 1 is 1.25 bits per heavy atom. The molecule has 1 aromatic heterocycles. The van der Waals surface area contributed by atoms with Gasteiger partial charge in [0, 0.05) is 31.5 Å². The third-order valence-corrected chi connectivity index (χ3v) is 2.62. The predicted molar refractivity (Wildman–Crippen MR) is 70.4 cm³/mol. The predicted octanol–water partition coefficient (Wildman–Crippen LogP) is 2.12. The van der Waals surface area contributed by atoms with Crippen LogP contribution in [0.5, 0.6) is 0 Å². The first-order valence-electron chi connectivity index (χ1n) is 5.96. The summed E-state index contributed by atoms with van der Waals surface area (Å²) in [6.07, 6.45) is 3.31. The second-order valence-electron chi connectivity index (χ2n) is 4.33. The molecule has 0 amide bonds. The van der Waals surface area contributed by atoms with E-state index in [0.29, 0.717) is 18.7 Å². The number of halogens is 1. The summed E-state index contributed by atoms with van der Waals surface area (Å²) in [4.78, 5) is 18.3. The number of hydrogen-bond acceptors (Lipinski definition) is 5. The fraction of sp³-hybridized carbons (Fsp3) is 0.231. The van der Waals surface area contributed by atoms with Crippen LogP contribution in [0, 0.1) is 22.9 Å². The summed E-state index contributed by atoms with van der Waals surface area (Å²) in [5.41, 5.74) is 1.84. The van der Waals surface area contributed by atoms with Crippen LogP contribution in [0.1, 0.15) is 17.0 Å². The molecule has 0 radical (unpaired) electrons. The molecule has 0 saturated heterocycles. The zero-order chi connectivity index (χ0) is 14.5. The summed E-state index contributed by atoms with van der Waals surface area (Å²) in [5, 5.41) is 13.7. The molecule has 20 heavy (non-hydrogen) atoms. The SMILES string of the molecule is Cc1cnc(CNCc2cc(F)cc([N+](=O)[O-])c2)cn1. The van der Waals surface area contributed by atoms with Gasteiger partial charge in [-0.1, -0.05) is 0 Å². The maximum Gasteiger partial charge on any atom is 0.272 e. The zero-order valence-electron chi connectivity index (χ0n) is 10.8. The highest BCUT2D eigenvalue weighted by Crippen LogP contribution is 2.16. The molecule has 0 aliphatic carbocycles. The Hall–Kier alpha value is -2.41. The van der Waals surface area contributed by atoms with Crippen molar-refractivity contribution in [3.63, 3.8) is 0 Å². The summed E-state index contributed by atoms with van der Waals surface area (Å²) < 4.78 is 13.2. The topological polar surface area (TPSA) is 81.0 Å². The highest BCUT2D eigenvalue weighted by molar-refractivity contribution is 5.35. The highest BCUT2D eigenvalue weighted by atomic mass is 19.1. The number of nitro benzene ring substituents is 1. The van der Waals surface area contributed by atoms with Gasteiger partial charge >= 0.3 is 0 Å². The molecule has 1 N–H and O–H groups in total. The third kappa shape index (κ3) is 3.79. The van der Waals surface area contributed by atoms with Crippen LogP contribution < -0.4 is 5.32 Å². The van der Waals surface area contributed by atoms with Gasteiger partial charge < -0.3 is 5.32 Å². The van der Waals surface area contributed by atoms with Crippen molar-refractivity contribution in [1.29, 1.82) is 0 Å². The Labute approximate surface area is 114 Å². The molecule has 0 spiro atoms. The fourth-order valence-corrected chi connectivity index (χ4v) is 1.69. The number of aryl methyl sites for hydroxylation is 1. The van der Waals surface area contributed by atoms with Gasteiger partial charge in [0.15, 0.2) is 0 Å². The van der Waals surface area contributed by atoms with Gasteiger partial charge in [-0.15, -0.1) is 0 Å². The summed E-state index contributed by atoms with van der Waals surface area (Å²) in [6, 6.07) is 3.51. The Balaban J connectivity index is 1.97. The monoisotopic (exact) mass is 276 g/mol. The largest absolute Gasteiger partial charge is 0.307 e. The van der Waals surface area contributed by atoms with Gasteiger partial charge in [-0.2, -0.15) is 0 Å². The fourth-order valence-electron chi connectivity index (χ4n) is 1.69. The molecule has 0 aliphatic rings. The number of rotatable bonds is 5. The lowest BCUT2D eigenvalue weighted by molar-refractivity contribution is -0.385. The minimum atomic E-state index is -0.619. The molecule has 0 saturated carbocycles. The molecule has 0 fully saturated rings. The average Bonchev–Trinajstić information content (AvgIpc) is 2.40. The van der Waals surface area contributed by atoms with Crippen molar-refractivity contribution in [3.8, 4) is 0 Å². The van der Waals surface area contributed by atoms with E-state index in [1.807, 2.05) is 6.92 Å². The van der Waals surface area contributed by atoms with E-state index in [1.54, 1.807) is 12.4 Å². The van der Waals surface area contributed by atoms with Crippen LogP contribution in [0.15, 0.2) is 30.6 Å². The van der Waals surface area contributed by atoms with E-state index in [1.165, 1.54) is 12.1 Å². The van der Waals surface area contributed by atoms with Crippen LogP contribution in [0.25, 0.3) is 0 Å². The summed E-state index contributed by atoms with van der Waals surface area (Å²) in [6.45, 7) is 2.61. The van der Waals surface area contributed by atoms with Crippen molar-refractivity contribution in [2.45, 2.75) is 20.0 Å². The van der Waals surface area contributed by atoms with Gasteiger partial charge in [-0.3, -0.25) is 20.1 Å². The molecule has 0 bridgehead atoms. The molecule has 0 aliphatic heterocycles. The molecule has 7 heteroatoms. The molecule has 0 unspecified atom stereocenters. The summed E-state index contributed by atoms with van der Waals surface area (Å²) in [7, 11) is 0. The van der Waals surface area contributed by atoms with E-state index < -0.39 is 10.7 Å². The van der Waals surface area contributed by atoms with Gasteiger partial charge in [0.1, 0.15) is 5.82 Å². The van der Waals surface area contributed by atoms with E-state index in [4.69, 9.17) is 0 Å². The molecule has 2 rings (SSSR count). The standard InChI is InChI=1S/C13H13FN4O2/c1-9-5-17-12(8-16-9)7-15-6-10-2-11(14)4-13(3-10)18(19)20/h2-5,8,15H,6-7H2,1H3. The van der Waals surface area contributed by atoms with Crippen LogP contribution in [-0.2, 0) is 13.1 Å². The molecule has 6 nitrogen and oxygen atoms in total. The number of hydrogen-bond donors (Lipinski definition) is 1. The van der Waals surface area contributed by atoms with Crippen molar-refractivity contribution < 1.29 is 9.31 Å². The van der Waals surface area contributed by atoms with Crippen LogP contribution in [-0.4, -0.2) is 14.9 Å². The molecule has 1 heterocycles. The van der Waals surface area contributed by atoms with Gasteiger partial charge in [0.2, 0.25) is 0 Å². The molecular formula is C13H13FN4O2. The van der Waals surface area contributed by atoms with Crippen molar-refractivity contribution in [2.24, 2.45) is 0 Å². The second kappa shape index (κ2) is 6.16. The normalized spacial score (nSPS) is 10.5. The van der Waals surface area contributed by atoms with Crippen molar-refractivity contribution in [2.75, 3.05) is 0 Å². The maximum atomic E-state index is 13.2. The van der Waals surface area contributed by atoms with Crippen LogP contribution >= 0.6 is 0 Å². The van der Waals surface area contributed by atoms with Crippen molar-refractivity contribution in [3.05, 3.63) is 63.5 Å². The van der Waals surface area contributed by atoms with Gasteiger partial charge in [-0.25, -0.2) is 4.39 Å².